The summed E-state index contributed by atoms with van der Waals surface area (Å²) in [4.78, 5) is 15.5. The van der Waals surface area contributed by atoms with Gasteiger partial charge in [0, 0.05) is 12.1 Å². The molecule has 4 aromatic rings. The van der Waals surface area contributed by atoms with Crippen LogP contribution in [-0.4, -0.2) is 29.1 Å². The average Bonchev–Trinajstić information content (AvgIpc) is 2.86. The zero-order valence-corrected chi connectivity index (χ0v) is 20.8. The maximum absolute atomic E-state index is 14.0. The molecule has 1 atom stereocenters. The van der Waals surface area contributed by atoms with Crippen molar-refractivity contribution in [2.24, 2.45) is 0 Å². The molecule has 0 saturated carbocycles. The summed E-state index contributed by atoms with van der Waals surface area (Å²) >= 11 is 0. The van der Waals surface area contributed by atoms with Crippen molar-refractivity contribution in [1.29, 1.82) is 0 Å². The number of rotatable bonds is 5. The maximum atomic E-state index is 14.0. The second kappa shape index (κ2) is 9.65. The smallest absolute Gasteiger partial charge is 0.254 e. The van der Waals surface area contributed by atoms with E-state index >= 15 is 0 Å². The molecule has 0 bridgehead atoms. The molecule has 0 saturated heterocycles. The van der Waals surface area contributed by atoms with E-state index in [0.717, 1.165) is 27.6 Å². The van der Waals surface area contributed by atoms with Gasteiger partial charge in [0.25, 0.3) is 5.91 Å². The molecule has 0 radical (unpaired) electrons. The minimum Gasteiger partial charge on any atom is -0.491 e. The molecule has 0 N–H and O–H groups in total. The van der Waals surface area contributed by atoms with E-state index in [9.17, 15) is 9.18 Å². The first-order valence-corrected chi connectivity index (χ1v) is 12.2. The second-order valence-electron chi connectivity index (χ2n) is 10.3. The lowest BCUT2D eigenvalue weighted by atomic mass is 9.93. The molecule has 36 heavy (non-hydrogen) atoms. The number of amides is 1. The fraction of sp³-hybridized carbons (Fsp3) is 0.258. The molecular weight excluding hydrogens is 453 g/mol. The molecule has 1 amide bonds. The Morgan fingerprint density at radius 2 is 1.61 bits per heavy atom. The number of carbonyl (C=O) groups is 1. The van der Waals surface area contributed by atoms with Crippen molar-refractivity contribution >= 4 is 16.7 Å². The summed E-state index contributed by atoms with van der Waals surface area (Å²) in [6.45, 7) is 6.72. The highest BCUT2D eigenvalue weighted by Gasteiger charge is 2.31. The van der Waals surface area contributed by atoms with E-state index in [1.165, 1.54) is 6.07 Å². The van der Waals surface area contributed by atoms with Crippen LogP contribution in [0.4, 0.5) is 4.39 Å². The largest absolute Gasteiger partial charge is 0.491 e. The third-order valence-electron chi connectivity index (χ3n) is 6.35. The summed E-state index contributed by atoms with van der Waals surface area (Å²) in [5, 5.41) is 2.11. The third-order valence-corrected chi connectivity index (χ3v) is 6.35. The highest BCUT2D eigenvalue weighted by atomic mass is 19.1. The van der Waals surface area contributed by atoms with Gasteiger partial charge in [-0.3, -0.25) is 4.79 Å². The van der Waals surface area contributed by atoms with Crippen LogP contribution >= 0.6 is 0 Å². The van der Waals surface area contributed by atoms with Crippen LogP contribution in [0.15, 0.2) is 84.9 Å². The average molecular weight is 484 g/mol. The van der Waals surface area contributed by atoms with E-state index in [1.54, 1.807) is 12.1 Å². The van der Waals surface area contributed by atoms with Gasteiger partial charge in [0.2, 0.25) is 0 Å². The highest BCUT2D eigenvalue weighted by molar-refractivity contribution is 5.98. The predicted molar refractivity (Wildman–Crippen MR) is 140 cm³/mol. The minimum absolute atomic E-state index is 0.0572. The van der Waals surface area contributed by atoms with Gasteiger partial charge in [-0.05, 0) is 97.6 Å². The number of fused-ring (bicyclic) bond motifs is 2. The van der Waals surface area contributed by atoms with Gasteiger partial charge in [-0.2, -0.15) is 0 Å². The van der Waals surface area contributed by atoms with Gasteiger partial charge >= 0.3 is 0 Å². The molecule has 0 aliphatic carbocycles. The minimum atomic E-state index is -0.281. The molecule has 0 spiro atoms. The Bertz CT molecular complexity index is 1390. The molecule has 0 fully saturated rings. The van der Waals surface area contributed by atoms with Crippen molar-refractivity contribution in [2.45, 2.75) is 45.4 Å². The van der Waals surface area contributed by atoms with Crippen LogP contribution in [0, 0.1) is 5.82 Å². The Hall–Kier alpha value is -3.86. The van der Waals surface area contributed by atoms with E-state index in [0.29, 0.717) is 30.9 Å². The van der Waals surface area contributed by atoms with E-state index in [-0.39, 0.29) is 23.4 Å². The van der Waals surface area contributed by atoms with Gasteiger partial charge in [-0.1, -0.05) is 36.4 Å². The standard InChI is InChI=1S/C31H30FNO3/c1-31(2,3)36-29-14-12-28(13-15-29)35-20-27-18-25-17-26(32)11-10-24(25)19-33(27)30(34)23-9-8-21-6-4-5-7-22(21)16-23/h4-17,27H,18-20H2,1-3H3/t27-/m0/s1. The van der Waals surface area contributed by atoms with Crippen molar-refractivity contribution in [3.05, 3.63) is 107 Å². The molecule has 4 aromatic carbocycles. The SMILES string of the molecule is CC(C)(C)Oc1ccc(OC[C@@H]2Cc3cc(F)ccc3CN2C(=O)c2ccc3ccccc3c2)cc1. The van der Waals surface area contributed by atoms with Gasteiger partial charge in [-0.15, -0.1) is 0 Å². The van der Waals surface area contributed by atoms with Crippen LogP contribution in [0.25, 0.3) is 10.8 Å². The Kier molecular flexibility index (Phi) is 6.40. The summed E-state index contributed by atoms with van der Waals surface area (Å²) in [5.41, 5.74) is 2.23. The Labute approximate surface area is 211 Å². The van der Waals surface area contributed by atoms with Crippen molar-refractivity contribution in [3.8, 4) is 11.5 Å². The van der Waals surface area contributed by atoms with Crippen LogP contribution in [0.5, 0.6) is 11.5 Å². The topological polar surface area (TPSA) is 38.8 Å². The lowest BCUT2D eigenvalue weighted by Gasteiger charge is -2.37. The number of benzene rings is 4. The first-order valence-electron chi connectivity index (χ1n) is 12.2. The lowest BCUT2D eigenvalue weighted by Crippen LogP contribution is -2.47. The van der Waals surface area contributed by atoms with Gasteiger partial charge in [0.1, 0.15) is 29.5 Å². The molecular formula is C31H30FNO3. The lowest BCUT2D eigenvalue weighted by molar-refractivity contribution is 0.0566. The summed E-state index contributed by atoms with van der Waals surface area (Å²) in [5.74, 6) is 1.14. The third kappa shape index (κ3) is 5.35. The normalized spacial score (nSPS) is 15.4. The van der Waals surface area contributed by atoms with Crippen molar-refractivity contribution in [2.75, 3.05) is 6.61 Å². The summed E-state index contributed by atoms with van der Waals surface area (Å²) in [7, 11) is 0. The number of hydrogen-bond donors (Lipinski definition) is 0. The van der Waals surface area contributed by atoms with Crippen molar-refractivity contribution in [1.82, 2.24) is 4.90 Å². The van der Waals surface area contributed by atoms with E-state index in [2.05, 4.69) is 0 Å². The van der Waals surface area contributed by atoms with Crippen molar-refractivity contribution in [3.63, 3.8) is 0 Å². The number of ether oxygens (including phenoxy) is 2. The van der Waals surface area contributed by atoms with E-state index in [1.807, 2.05) is 92.4 Å². The van der Waals surface area contributed by atoms with Crippen molar-refractivity contribution < 1.29 is 18.7 Å². The van der Waals surface area contributed by atoms with Crippen LogP contribution < -0.4 is 9.47 Å². The van der Waals surface area contributed by atoms with E-state index in [4.69, 9.17) is 9.47 Å². The summed E-state index contributed by atoms with van der Waals surface area (Å²) in [6.07, 6.45) is 0.525. The highest BCUT2D eigenvalue weighted by Crippen LogP contribution is 2.28. The number of carbonyl (C=O) groups excluding carboxylic acids is 1. The Morgan fingerprint density at radius 3 is 2.36 bits per heavy atom. The monoisotopic (exact) mass is 483 g/mol. The van der Waals surface area contributed by atoms with Gasteiger partial charge in [0.15, 0.2) is 0 Å². The zero-order chi connectivity index (χ0) is 25.3. The molecule has 1 aliphatic heterocycles. The van der Waals surface area contributed by atoms with Gasteiger partial charge in [-0.25, -0.2) is 4.39 Å². The molecule has 4 nitrogen and oxygen atoms in total. The Balaban J connectivity index is 1.38. The molecule has 1 heterocycles. The number of hydrogen-bond acceptors (Lipinski definition) is 3. The quantitative estimate of drug-likeness (QED) is 0.313. The van der Waals surface area contributed by atoms with Crippen LogP contribution in [0.3, 0.4) is 0 Å². The predicted octanol–water partition coefficient (Wildman–Crippen LogP) is 6.80. The first-order chi connectivity index (χ1) is 17.2. The fourth-order valence-corrected chi connectivity index (χ4v) is 4.64. The molecule has 184 valence electrons. The first kappa shape index (κ1) is 23.9. The van der Waals surface area contributed by atoms with Crippen LogP contribution in [-0.2, 0) is 13.0 Å². The number of nitrogens with zero attached hydrogens (tertiary/aromatic N) is 1. The zero-order valence-electron chi connectivity index (χ0n) is 20.8. The van der Waals surface area contributed by atoms with Gasteiger partial charge in [0.05, 0.1) is 6.04 Å². The molecule has 0 unspecified atom stereocenters. The van der Waals surface area contributed by atoms with E-state index < -0.39 is 0 Å². The molecule has 1 aliphatic rings. The van der Waals surface area contributed by atoms with Gasteiger partial charge < -0.3 is 14.4 Å². The number of halogens is 1. The van der Waals surface area contributed by atoms with Crippen LogP contribution in [0.2, 0.25) is 0 Å². The fourth-order valence-electron chi connectivity index (χ4n) is 4.64. The summed E-state index contributed by atoms with van der Waals surface area (Å²) < 4.78 is 26.0. The maximum Gasteiger partial charge on any atom is 0.254 e. The molecule has 0 aromatic heterocycles. The molecule has 5 rings (SSSR count). The Morgan fingerprint density at radius 1 is 0.889 bits per heavy atom. The second-order valence-corrected chi connectivity index (χ2v) is 10.3. The van der Waals surface area contributed by atoms with Crippen LogP contribution in [0.1, 0.15) is 42.3 Å². The summed E-state index contributed by atoms with van der Waals surface area (Å²) in [6, 6.07) is 25.8. The molecule has 5 heteroatoms.